The van der Waals surface area contributed by atoms with Crippen LogP contribution in [0.25, 0.3) is 0 Å². The lowest BCUT2D eigenvalue weighted by molar-refractivity contribution is 0.437. The first-order chi connectivity index (χ1) is 10.3. The molecule has 1 aromatic carbocycles. The molecular formula is C16H21N5. The van der Waals surface area contributed by atoms with Crippen LogP contribution in [0.1, 0.15) is 29.2 Å². The van der Waals surface area contributed by atoms with Gasteiger partial charge in [-0.25, -0.2) is 0 Å². The summed E-state index contributed by atoms with van der Waals surface area (Å²) >= 11 is 0. The van der Waals surface area contributed by atoms with Crippen molar-refractivity contribution in [3.63, 3.8) is 0 Å². The van der Waals surface area contributed by atoms with Crippen molar-refractivity contribution in [2.24, 2.45) is 24.7 Å². The van der Waals surface area contributed by atoms with E-state index >= 15 is 0 Å². The molecule has 2 aliphatic carbocycles. The molecule has 21 heavy (non-hydrogen) atoms. The van der Waals surface area contributed by atoms with E-state index in [0.29, 0.717) is 11.8 Å². The molecule has 1 aromatic heterocycles. The van der Waals surface area contributed by atoms with Crippen LogP contribution in [0.15, 0.2) is 30.5 Å². The summed E-state index contributed by atoms with van der Waals surface area (Å²) in [7, 11) is 1.90. The molecule has 0 bridgehead atoms. The first-order valence-electron chi connectivity index (χ1n) is 7.67. The minimum Gasteiger partial charge on any atom is -0.271 e. The first kappa shape index (κ1) is 13.0. The summed E-state index contributed by atoms with van der Waals surface area (Å²) in [5, 5.41) is 8.20. The van der Waals surface area contributed by atoms with E-state index in [-0.39, 0.29) is 6.04 Å². The Kier molecular flexibility index (Phi) is 3.05. The average Bonchev–Trinajstić information content (AvgIpc) is 3.11. The van der Waals surface area contributed by atoms with Gasteiger partial charge in [0.25, 0.3) is 0 Å². The SMILES string of the molecule is Cn1cc(CC(NN)C2C3CCc4ccccc4C32)nn1. The van der Waals surface area contributed by atoms with E-state index in [1.165, 1.54) is 24.0 Å². The van der Waals surface area contributed by atoms with Crippen molar-refractivity contribution in [3.8, 4) is 0 Å². The van der Waals surface area contributed by atoms with Gasteiger partial charge in [0.1, 0.15) is 0 Å². The smallest absolute Gasteiger partial charge is 0.0843 e. The maximum absolute atomic E-state index is 5.84. The number of nitrogens with two attached hydrogens (primary N) is 1. The molecule has 1 saturated carbocycles. The molecule has 0 saturated heterocycles. The monoisotopic (exact) mass is 283 g/mol. The maximum Gasteiger partial charge on any atom is 0.0843 e. The van der Waals surface area contributed by atoms with Gasteiger partial charge in [0.05, 0.1) is 5.69 Å². The molecule has 110 valence electrons. The number of hydrogen-bond donors (Lipinski definition) is 2. The molecule has 4 rings (SSSR count). The Bertz CT molecular complexity index is 650. The topological polar surface area (TPSA) is 68.8 Å². The molecule has 5 heteroatoms. The summed E-state index contributed by atoms with van der Waals surface area (Å²) in [5.74, 6) is 7.91. The van der Waals surface area contributed by atoms with Crippen LogP contribution < -0.4 is 11.3 Å². The van der Waals surface area contributed by atoms with Crippen LogP contribution in [0.4, 0.5) is 0 Å². The van der Waals surface area contributed by atoms with Crippen molar-refractivity contribution in [2.75, 3.05) is 0 Å². The summed E-state index contributed by atoms with van der Waals surface area (Å²) < 4.78 is 1.75. The van der Waals surface area contributed by atoms with Crippen molar-refractivity contribution in [1.29, 1.82) is 0 Å². The molecule has 0 aliphatic heterocycles. The van der Waals surface area contributed by atoms with Gasteiger partial charge in [-0.15, -0.1) is 5.10 Å². The van der Waals surface area contributed by atoms with Gasteiger partial charge in [0.2, 0.25) is 0 Å². The van der Waals surface area contributed by atoms with E-state index in [0.717, 1.165) is 18.0 Å². The quantitative estimate of drug-likeness (QED) is 0.653. The molecule has 4 atom stereocenters. The summed E-state index contributed by atoms with van der Waals surface area (Å²) in [6, 6.07) is 9.15. The van der Waals surface area contributed by atoms with Crippen molar-refractivity contribution in [2.45, 2.75) is 31.2 Å². The Balaban J connectivity index is 1.54. The highest BCUT2D eigenvalue weighted by Gasteiger charge is 2.56. The second kappa shape index (κ2) is 4.93. The van der Waals surface area contributed by atoms with Crippen LogP contribution >= 0.6 is 0 Å². The van der Waals surface area contributed by atoms with Crippen LogP contribution in [0.2, 0.25) is 0 Å². The Labute approximate surface area is 124 Å². The number of fused-ring (bicyclic) bond motifs is 3. The van der Waals surface area contributed by atoms with Gasteiger partial charge in [-0.1, -0.05) is 29.5 Å². The summed E-state index contributed by atoms with van der Waals surface area (Å²) in [6.07, 6.45) is 5.32. The third-order valence-corrected chi connectivity index (χ3v) is 5.15. The minimum absolute atomic E-state index is 0.280. The molecule has 0 spiro atoms. The highest BCUT2D eigenvalue weighted by Crippen LogP contribution is 2.61. The Morgan fingerprint density at radius 3 is 3.05 bits per heavy atom. The molecule has 0 amide bonds. The molecule has 3 N–H and O–H groups in total. The lowest BCUT2D eigenvalue weighted by atomic mass is 9.92. The predicted octanol–water partition coefficient (Wildman–Crippen LogP) is 1.17. The van der Waals surface area contributed by atoms with Crippen LogP contribution in [0.5, 0.6) is 0 Å². The minimum atomic E-state index is 0.280. The number of nitrogens with zero attached hydrogens (tertiary/aromatic N) is 3. The van der Waals surface area contributed by atoms with E-state index in [1.54, 1.807) is 4.68 Å². The fraction of sp³-hybridized carbons (Fsp3) is 0.500. The molecule has 1 heterocycles. The van der Waals surface area contributed by atoms with Crippen molar-refractivity contribution in [3.05, 3.63) is 47.3 Å². The third-order valence-electron chi connectivity index (χ3n) is 5.15. The van der Waals surface area contributed by atoms with Crippen molar-refractivity contribution < 1.29 is 0 Å². The highest BCUT2D eigenvalue weighted by atomic mass is 15.4. The van der Waals surface area contributed by atoms with Gasteiger partial charge in [0, 0.05) is 25.7 Å². The third kappa shape index (κ3) is 2.17. The van der Waals surface area contributed by atoms with Gasteiger partial charge in [0.15, 0.2) is 0 Å². The van der Waals surface area contributed by atoms with Crippen LogP contribution in [-0.4, -0.2) is 21.0 Å². The molecule has 5 nitrogen and oxygen atoms in total. The summed E-state index contributed by atoms with van der Waals surface area (Å²) in [5.41, 5.74) is 7.11. The number of rotatable bonds is 4. The van der Waals surface area contributed by atoms with Crippen molar-refractivity contribution >= 4 is 0 Å². The van der Waals surface area contributed by atoms with Gasteiger partial charge < -0.3 is 0 Å². The molecule has 2 aromatic rings. The van der Waals surface area contributed by atoms with Gasteiger partial charge in [-0.05, 0) is 41.7 Å². The predicted molar refractivity (Wildman–Crippen MR) is 80.3 cm³/mol. The summed E-state index contributed by atoms with van der Waals surface area (Å²) in [6.45, 7) is 0. The average molecular weight is 283 g/mol. The Morgan fingerprint density at radius 1 is 1.43 bits per heavy atom. The van der Waals surface area contributed by atoms with E-state index in [2.05, 4.69) is 40.0 Å². The number of aryl methyl sites for hydroxylation is 2. The van der Waals surface area contributed by atoms with Crippen LogP contribution in [0.3, 0.4) is 0 Å². The van der Waals surface area contributed by atoms with Gasteiger partial charge >= 0.3 is 0 Å². The first-order valence-corrected chi connectivity index (χ1v) is 7.67. The van der Waals surface area contributed by atoms with E-state index < -0.39 is 0 Å². The van der Waals surface area contributed by atoms with E-state index in [4.69, 9.17) is 5.84 Å². The fourth-order valence-corrected chi connectivity index (χ4v) is 4.19. The van der Waals surface area contributed by atoms with Crippen LogP contribution in [0, 0.1) is 11.8 Å². The maximum atomic E-state index is 5.84. The Morgan fingerprint density at radius 2 is 2.29 bits per heavy atom. The standard InChI is InChI=1S/C16H21N5/c1-21-9-11(19-20-21)8-14(18-17)16-13-7-6-10-4-2-3-5-12(10)15(13)16/h2-5,9,13-16,18H,6-8,17H2,1H3. The van der Waals surface area contributed by atoms with Crippen molar-refractivity contribution in [1.82, 2.24) is 20.4 Å². The summed E-state index contributed by atoms with van der Waals surface area (Å²) in [4.78, 5) is 0. The van der Waals surface area contributed by atoms with Gasteiger partial charge in [-0.2, -0.15) is 0 Å². The van der Waals surface area contributed by atoms with Gasteiger partial charge in [-0.3, -0.25) is 16.0 Å². The number of benzene rings is 1. The lowest BCUT2D eigenvalue weighted by Gasteiger charge is -2.15. The largest absolute Gasteiger partial charge is 0.271 e. The Hall–Kier alpha value is -1.72. The normalized spacial score (nSPS) is 27.8. The van der Waals surface area contributed by atoms with E-state index in [1.807, 2.05) is 13.2 Å². The second-order valence-corrected chi connectivity index (χ2v) is 6.37. The number of hydrogen-bond acceptors (Lipinski definition) is 4. The molecule has 0 radical (unpaired) electrons. The number of aromatic nitrogens is 3. The molecule has 2 aliphatic rings. The highest BCUT2D eigenvalue weighted by molar-refractivity contribution is 5.40. The molecule has 1 fully saturated rings. The molecular weight excluding hydrogens is 262 g/mol. The zero-order chi connectivity index (χ0) is 14.4. The van der Waals surface area contributed by atoms with Crippen LogP contribution in [-0.2, 0) is 19.9 Å². The second-order valence-electron chi connectivity index (χ2n) is 6.37. The van der Waals surface area contributed by atoms with E-state index in [9.17, 15) is 0 Å². The zero-order valence-electron chi connectivity index (χ0n) is 12.2. The molecule has 4 unspecified atom stereocenters. The number of nitrogens with one attached hydrogen (secondary N) is 1. The fourth-order valence-electron chi connectivity index (χ4n) is 4.19. The zero-order valence-corrected chi connectivity index (χ0v) is 12.2. The number of hydrazine groups is 1. The lowest BCUT2D eigenvalue weighted by Crippen LogP contribution is -2.39.